The lowest BCUT2D eigenvalue weighted by molar-refractivity contribution is -0.121. The van der Waals surface area contributed by atoms with Crippen LogP contribution in [0.1, 0.15) is 46.0 Å². The lowest BCUT2D eigenvalue weighted by atomic mass is 9.66. The van der Waals surface area contributed by atoms with Crippen molar-refractivity contribution in [3.05, 3.63) is 0 Å². The molecule has 0 amide bonds. The fourth-order valence-electron chi connectivity index (χ4n) is 2.42. The Balaban J connectivity index is 1.90. The first kappa shape index (κ1) is 8.28. The molecule has 0 N–H and O–H groups in total. The predicted octanol–water partition coefficient (Wildman–Crippen LogP) is 2.79. The summed E-state index contributed by atoms with van der Waals surface area (Å²) < 4.78 is 0. The molecular weight excluding hydrogens is 148 g/mol. The van der Waals surface area contributed by atoms with Gasteiger partial charge in [0.15, 0.2) is 0 Å². The maximum absolute atomic E-state index is 10.9. The minimum atomic E-state index is 0.123. The Kier molecular flexibility index (Phi) is 1.61. The van der Waals surface area contributed by atoms with Gasteiger partial charge in [0.1, 0.15) is 6.29 Å². The van der Waals surface area contributed by atoms with E-state index in [1.807, 2.05) is 0 Å². The number of carbonyl (C=O) groups is 1. The van der Waals surface area contributed by atoms with Gasteiger partial charge in [0.05, 0.1) is 0 Å². The van der Waals surface area contributed by atoms with E-state index in [1.165, 1.54) is 25.5 Å². The Hall–Kier alpha value is -0.330. The van der Waals surface area contributed by atoms with Crippen LogP contribution >= 0.6 is 0 Å². The van der Waals surface area contributed by atoms with E-state index in [0.717, 1.165) is 18.8 Å². The largest absolute Gasteiger partial charge is 0.303 e. The molecule has 2 fully saturated rings. The zero-order valence-corrected chi connectivity index (χ0v) is 8.10. The van der Waals surface area contributed by atoms with Gasteiger partial charge in [-0.05, 0) is 37.0 Å². The van der Waals surface area contributed by atoms with E-state index in [-0.39, 0.29) is 5.41 Å². The second kappa shape index (κ2) is 2.34. The van der Waals surface area contributed by atoms with E-state index in [2.05, 4.69) is 13.8 Å². The first-order chi connectivity index (χ1) is 5.58. The highest BCUT2D eigenvalue weighted by Crippen LogP contribution is 2.59. The third kappa shape index (κ3) is 1.19. The fourth-order valence-corrected chi connectivity index (χ4v) is 2.42. The first-order valence-electron chi connectivity index (χ1n) is 5.04. The zero-order valence-electron chi connectivity index (χ0n) is 8.10. The van der Waals surface area contributed by atoms with Crippen LogP contribution in [0.2, 0.25) is 0 Å². The summed E-state index contributed by atoms with van der Waals surface area (Å²) in [4.78, 5) is 10.9. The highest BCUT2D eigenvalue weighted by molar-refractivity contribution is 5.61. The zero-order chi connectivity index (χ0) is 8.82. The lowest BCUT2D eigenvalue weighted by Crippen LogP contribution is -2.31. The first-order valence-corrected chi connectivity index (χ1v) is 5.04. The summed E-state index contributed by atoms with van der Waals surface area (Å²) in [6, 6.07) is 0. The van der Waals surface area contributed by atoms with Crippen molar-refractivity contribution in [1.29, 1.82) is 0 Å². The molecule has 0 saturated heterocycles. The lowest BCUT2D eigenvalue weighted by Gasteiger charge is -2.37. The van der Waals surface area contributed by atoms with Crippen molar-refractivity contribution in [2.75, 3.05) is 0 Å². The molecule has 0 bridgehead atoms. The molecule has 0 aromatic rings. The predicted molar refractivity (Wildman–Crippen MR) is 48.9 cm³/mol. The second-order valence-corrected chi connectivity index (χ2v) is 5.43. The van der Waals surface area contributed by atoms with Crippen LogP contribution in [0.4, 0.5) is 0 Å². The van der Waals surface area contributed by atoms with Crippen LogP contribution in [0.25, 0.3) is 0 Å². The van der Waals surface area contributed by atoms with Crippen molar-refractivity contribution in [3.8, 4) is 0 Å². The highest BCUT2D eigenvalue weighted by Gasteiger charge is 2.51. The molecule has 0 heterocycles. The Morgan fingerprint density at radius 1 is 1.42 bits per heavy atom. The molecule has 2 aliphatic rings. The van der Waals surface area contributed by atoms with Crippen LogP contribution in [-0.4, -0.2) is 6.29 Å². The van der Waals surface area contributed by atoms with Gasteiger partial charge in [-0.1, -0.05) is 20.3 Å². The topological polar surface area (TPSA) is 17.1 Å². The summed E-state index contributed by atoms with van der Waals surface area (Å²) in [6.07, 6.45) is 7.31. The Morgan fingerprint density at radius 3 is 2.25 bits per heavy atom. The molecule has 0 spiro atoms. The van der Waals surface area contributed by atoms with Gasteiger partial charge >= 0.3 is 0 Å². The number of hydrogen-bond acceptors (Lipinski definition) is 1. The Bertz CT molecular complexity index is 201. The molecular formula is C11H18O. The standard InChI is InChI=1S/C11H18O/c1-10(2)6-9(10)7-11(8-12)4-3-5-11/h8-9H,3-7H2,1-2H3. The van der Waals surface area contributed by atoms with Crippen molar-refractivity contribution in [1.82, 2.24) is 0 Å². The molecule has 0 aliphatic heterocycles. The van der Waals surface area contributed by atoms with Crippen molar-refractivity contribution in [2.45, 2.75) is 46.0 Å². The van der Waals surface area contributed by atoms with Crippen LogP contribution in [0.5, 0.6) is 0 Å². The normalized spacial score (nSPS) is 35.3. The van der Waals surface area contributed by atoms with Crippen LogP contribution in [0.15, 0.2) is 0 Å². The molecule has 2 rings (SSSR count). The number of aldehydes is 1. The molecule has 2 aliphatic carbocycles. The Labute approximate surface area is 74.5 Å². The van der Waals surface area contributed by atoms with Crippen LogP contribution in [0, 0.1) is 16.7 Å². The van der Waals surface area contributed by atoms with E-state index in [1.54, 1.807) is 0 Å². The van der Waals surface area contributed by atoms with Gasteiger partial charge in [-0.15, -0.1) is 0 Å². The molecule has 1 unspecified atom stereocenters. The quantitative estimate of drug-likeness (QED) is 0.589. The smallest absolute Gasteiger partial charge is 0.126 e. The number of carbonyl (C=O) groups excluding carboxylic acids is 1. The van der Waals surface area contributed by atoms with Gasteiger partial charge in [-0.25, -0.2) is 0 Å². The SMILES string of the molecule is CC1(C)CC1CC1(C=O)CCC1. The monoisotopic (exact) mass is 166 g/mol. The summed E-state index contributed by atoms with van der Waals surface area (Å²) in [5.74, 6) is 0.836. The summed E-state index contributed by atoms with van der Waals surface area (Å²) >= 11 is 0. The molecule has 0 aromatic carbocycles. The van der Waals surface area contributed by atoms with Gasteiger partial charge in [-0.3, -0.25) is 0 Å². The van der Waals surface area contributed by atoms with E-state index >= 15 is 0 Å². The van der Waals surface area contributed by atoms with Crippen LogP contribution in [0.3, 0.4) is 0 Å². The van der Waals surface area contributed by atoms with Crippen molar-refractivity contribution >= 4 is 6.29 Å². The fraction of sp³-hybridized carbons (Fsp3) is 0.909. The van der Waals surface area contributed by atoms with Crippen molar-refractivity contribution in [2.24, 2.45) is 16.7 Å². The molecule has 68 valence electrons. The molecule has 12 heavy (non-hydrogen) atoms. The molecule has 0 radical (unpaired) electrons. The molecule has 2 saturated carbocycles. The summed E-state index contributed by atoms with van der Waals surface area (Å²) in [7, 11) is 0. The maximum Gasteiger partial charge on any atom is 0.126 e. The van der Waals surface area contributed by atoms with Crippen LogP contribution in [-0.2, 0) is 4.79 Å². The average molecular weight is 166 g/mol. The van der Waals surface area contributed by atoms with Gasteiger partial charge in [-0.2, -0.15) is 0 Å². The number of rotatable bonds is 3. The van der Waals surface area contributed by atoms with Gasteiger partial charge in [0.25, 0.3) is 0 Å². The van der Waals surface area contributed by atoms with Gasteiger partial charge < -0.3 is 4.79 Å². The molecule has 1 atom stereocenters. The van der Waals surface area contributed by atoms with E-state index in [0.29, 0.717) is 5.41 Å². The van der Waals surface area contributed by atoms with Crippen LogP contribution < -0.4 is 0 Å². The molecule has 1 heteroatoms. The van der Waals surface area contributed by atoms with Gasteiger partial charge in [0, 0.05) is 5.41 Å². The van der Waals surface area contributed by atoms with E-state index in [4.69, 9.17) is 0 Å². The highest BCUT2D eigenvalue weighted by atomic mass is 16.1. The molecule has 0 aromatic heterocycles. The second-order valence-electron chi connectivity index (χ2n) is 5.43. The summed E-state index contributed by atoms with van der Waals surface area (Å²) in [6.45, 7) is 4.63. The minimum Gasteiger partial charge on any atom is -0.303 e. The summed E-state index contributed by atoms with van der Waals surface area (Å²) in [5, 5.41) is 0. The maximum atomic E-state index is 10.9. The third-order valence-electron chi connectivity index (χ3n) is 3.97. The van der Waals surface area contributed by atoms with E-state index < -0.39 is 0 Å². The van der Waals surface area contributed by atoms with E-state index in [9.17, 15) is 4.79 Å². The molecule has 1 nitrogen and oxygen atoms in total. The van der Waals surface area contributed by atoms with Gasteiger partial charge in [0.2, 0.25) is 0 Å². The minimum absolute atomic E-state index is 0.123. The van der Waals surface area contributed by atoms with Crippen molar-refractivity contribution < 1.29 is 4.79 Å². The van der Waals surface area contributed by atoms with Crippen molar-refractivity contribution in [3.63, 3.8) is 0 Å². The third-order valence-corrected chi connectivity index (χ3v) is 3.97. The summed E-state index contributed by atoms with van der Waals surface area (Å²) in [5.41, 5.74) is 0.671. The number of hydrogen-bond donors (Lipinski definition) is 0. The average Bonchev–Trinajstić information content (AvgIpc) is 2.50. The Morgan fingerprint density at radius 2 is 2.00 bits per heavy atom.